The minimum atomic E-state index is 0.824. The van der Waals surface area contributed by atoms with Crippen LogP contribution >= 0.6 is 0 Å². The highest BCUT2D eigenvalue weighted by atomic mass is 14.4. The van der Waals surface area contributed by atoms with Crippen LogP contribution in [-0.4, -0.2) is 0 Å². The lowest BCUT2D eigenvalue weighted by Gasteiger charge is -2.11. The first-order valence-electron chi connectivity index (χ1n) is 6.27. The molecule has 1 aliphatic carbocycles. The van der Waals surface area contributed by atoms with E-state index in [2.05, 4.69) is 45.0 Å². The number of rotatable bonds is 2. The molecule has 0 heterocycles. The SMILES string of the molecule is CCC1CC(c2cccc(C)c2)CC1C. The van der Waals surface area contributed by atoms with E-state index in [1.165, 1.54) is 24.8 Å². The average molecular weight is 202 g/mol. The summed E-state index contributed by atoms with van der Waals surface area (Å²) in [6, 6.07) is 9.08. The van der Waals surface area contributed by atoms with E-state index in [-0.39, 0.29) is 0 Å². The standard InChI is InChI=1S/C15H22/c1-4-13-10-15(9-12(13)3)14-7-5-6-11(2)8-14/h5-8,12-13,15H,4,9-10H2,1-3H3. The van der Waals surface area contributed by atoms with Crippen molar-refractivity contribution in [2.24, 2.45) is 11.8 Å². The van der Waals surface area contributed by atoms with Crippen molar-refractivity contribution in [3.8, 4) is 0 Å². The van der Waals surface area contributed by atoms with Crippen LogP contribution in [0.15, 0.2) is 24.3 Å². The van der Waals surface area contributed by atoms with E-state index in [4.69, 9.17) is 0 Å². The summed E-state index contributed by atoms with van der Waals surface area (Å²) in [5, 5.41) is 0. The van der Waals surface area contributed by atoms with Crippen LogP contribution in [0.25, 0.3) is 0 Å². The summed E-state index contributed by atoms with van der Waals surface area (Å²) in [5.74, 6) is 2.70. The first kappa shape index (κ1) is 10.7. The zero-order valence-electron chi connectivity index (χ0n) is 10.2. The molecular weight excluding hydrogens is 180 g/mol. The van der Waals surface area contributed by atoms with Crippen molar-refractivity contribution in [2.45, 2.75) is 46.0 Å². The maximum atomic E-state index is 2.42. The van der Waals surface area contributed by atoms with Gasteiger partial charge in [-0.2, -0.15) is 0 Å². The van der Waals surface area contributed by atoms with Crippen molar-refractivity contribution in [1.82, 2.24) is 0 Å². The van der Waals surface area contributed by atoms with Crippen LogP contribution in [0.4, 0.5) is 0 Å². The zero-order valence-corrected chi connectivity index (χ0v) is 10.2. The van der Waals surface area contributed by atoms with Gasteiger partial charge in [-0.25, -0.2) is 0 Å². The molecule has 0 radical (unpaired) electrons. The lowest BCUT2D eigenvalue weighted by atomic mass is 9.94. The summed E-state index contributed by atoms with van der Waals surface area (Å²) in [6.45, 7) is 6.95. The Morgan fingerprint density at radius 3 is 2.67 bits per heavy atom. The quantitative estimate of drug-likeness (QED) is 0.660. The maximum absolute atomic E-state index is 2.42. The Kier molecular flexibility index (Phi) is 3.14. The van der Waals surface area contributed by atoms with E-state index in [0.29, 0.717) is 0 Å². The van der Waals surface area contributed by atoms with Crippen LogP contribution in [0.1, 0.15) is 50.2 Å². The molecular formula is C15H22. The van der Waals surface area contributed by atoms with Crippen LogP contribution in [0, 0.1) is 18.8 Å². The Morgan fingerprint density at radius 2 is 2.07 bits per heavy atom. The van der Waals surface area contributed by atoms with Gasteiger partial charge < -0.3 is 0 Å². The topological polar surface area (TPSA) is 0 Å². The summed E-state index contributed by atoms with van der Waals surface area (Å²) >= 11 is 0. The highest BCUT2D eigenvalue weighted by Gasteiger charge is 2.30. The molecule has 15 heavy (non-hydrogen) atoms. The molecule has 0 spiro atoms. The van der Waals surface area contributed by atoms with Gasteiger partial charge in [0.25, 0.3) is 0 Å². The van der Waals surface area contributed by atoms with Gasteiger partial charge in [-0.3, -0.25) is 0 Å². The molecule has 0 aliphatic heterocycles. The first-order chi connectivity index (χ1) is 7.20. The molecule has 1 aromatic rings. The normalized spacial score (nSPS) is 30.7. The maximum Gasteiger partial charge on any atom is -0.0156 e. The second kappa shape index (κ2) is 4.38. The molecule has 1 aliphatic rings. The summed E-state index contributed by atoms with van der Waals surface area (Å²) in [5.41, 5.74) is 2.97. The number of hydrogen-bond donors (Lipinski definition) is 0. The van der Waals surface area contributed by atoms with Gasteiger partial charge in [0.15, 0.2) is 0 Å². The number of benzene rings is 1. The van der Waals surface area contributed by atoms with Crippen molar-refractivity contribution >= 4 is 0 Å². The highest BCUT2D eigenvalue weighted by molar-refractivity contribution is 5.26. The van der Waals surface area contributed by atoms with Gasteiger partial charge in [0.1, 0.15) is 0 Å². The lowest BCUT2D eigenvalue weighted by Crippen LogP contribution is -2.00. The number of aryl methyl sites for hydroxylation is 1. The molecule has 0 heteroatoms. The van der Waals surface area contributed by atoms with Crippen LogP contribution < -0.4 is 0 Å². The number of hydrogen-bond acceptors (Lipinski definition) is 0. The Balaban J connectivity index is 2.13. The summed E-state index contributed by atoms with van der Waals surface area (Å²) in [6.07, 6.45) is 4.15. The smallest absolute Gasteiger partial charge is 0.0156 e. The van der Waals surface area contributed by atoms with Gasteiger partial charge in [0.05, 0.1) is 0 Å². The predicted octanol–water partition coefficient (Wildman–Crippen LogP) is 4.53. The second-order valence-electron chi connectivity index (χ2n) is 5.23. The zero-order chi connectivity index (χ0) is 10.8. The molecule has 0 amide bonds. The van der Waals surface area contributed by atoms with Crippen molar-refractivity contribution in [3.05, 3.63) is 35.4 Å². The van der Waals surface area contributed by atoms with Crippen molar-refractivity contribution < 1.29 is 0 Å². The van der Waals surface area contributed by atoms with Crippen molar-refractivity contribution in [1.29, 1.82) is 0 Å². The average Bonchev–Trinajstić information content (AvgIpc) is 2.60. The molecule has 3 atom stereocenters. The first-order valence-corrected chi connectivity index (χ1v) is 6.27. The molecule has 1 saturated carbocycles. The molecule has 0 saturated heterocycles. The molecule has 1 fully saturated rings. The van der Waals surface area contributed by atoms with Gasteiger partial charge in [0, 0.05) is 0 Å². The van der Waals surface area contributed by atoms with Crippen LogP contribution in [0.5, 0.6) is 0 Å². The summed E-state index contributed by atoms with van der Waals surface area (Å²) < 4.78 is 0. The molecule has 0 bridgehead atoms. The van der Waals surface area contributed by atoms with E-state index in [1.54, 1.807) is 5.56 Å². The predicted molar refractivity (Wildman–Crippen MR) is 66.1 cm³/mol. The van der Waals surface area contributed by atoms with Crippen molar-refractivity contribution in [2.75, 3.05) is 0 Å². The van der Waals surface area contributed by atoms with Crippen LogP contribution in [-0.2, 0) is 0 Å². The van der Waals surface area contributed by atoms with E-state index < -0.39 is 0 Å². The molecule has 2 rings (SSSR count). The minimum absolute atomic E-state index is 0.824. The third-order valence-electron chi connectivity index (χ3n) is 4.09. The molecule has 3 unspecified atom stereocenters. The molecule has 0 aromatic heterocycles. The largest absolute Gasteiger partial charge is 0.0651 e. The van der Waals surface area contributed by atoms with Crippen molar-refractivity contribution in [3.63, 3.8) is 0 Å². The molecule has 1 aromatic carbocycles. The van der Waals surface area contributed by atoms with Gasteiger partial charge in [0.2, 0.25) is 0 Å². The molecule has 0 nitrogen and oxygen atoms in total. The van der Waals surface area contributed by atoms with E-state index in [9.17, 15) is 0 Å². The fraction of sp³-hybridized carbons (Fsp3) is 0.600. The summed E-state index contributed by atoms with van der Waals surface area (Å²) in [4.78, 5) is 0. The Labute approximate surface area is 93.7 Å². The van der Waals surface area contributed by atoms with Gasteiger partial charge >= 0.3 is 0 Å². The van der Waals surface area contributed by atoms with E-state index in [1.807, 2.05) is 0 Å². The Morgan fingerprint density at radius 1 is 1.27 bits per heavy atom. The fourth-order valence-corrected chi connectivity index (χ4v) is 3.10. The third-order valence-corrected chi connectivity index (χ3v) is 4.09. The minimum Gasteiger partial charge on any atom is -0.0651 e. The monoisotopic (exact) mass is 202 g/mol. The molecule has 82 valence electrons. The van der Waals surface area contributed by atoms with E-state index in [0.717, 1.165) is 17.8 Å². The van der Waals surface area contributed by atoms with Crippen LogP contribution in [0.2, 0.25) is 0 Å². The fourth-order valence-electron chi connectivity index (χ4n) is 3.10. The highest BCUT2D eigenvalue weighted by Crippen LogP contribution is 2.43. The third kappa shape index (κ3) is 2.25. The Bertz CT molecular complexity index is 327. The van der Waals surface area contributed by atoms with Gasteiger partial charge in [-0.05, 0) is 43.1 Å². The lowest BCUT2D eigenvalue weighted by molar-refractivity contribution is 0.407. The Hall–Kier alpha value is -0.780. The summed E-state index contributed by atoms with van der Waals surface area (Å²) in [7, 11) is 0. The van der Waals surface area contributed by atoms with Crippen LogP contribution in [0.3, 0.4) is 0 Å². The van der Waals surface area contributed by atoms with Gasteiger partial charge in [-0.15, -0.1) is 0 Å². The van der Waals surface area contributed by atoms with Gasteiger partial charge in [-0.1, -0.05) is 50.1 Å². The molecule has 0 N–H and O–H groups in total. The second-order valence-corrected chi connectivity index (χ2v) is 5.23. The van der Waals surface area contributed by atoms with E-state index >= 15 is 0 Å².